The van der Waals surface area contributed by atoms with E-state index in [0.717, 1.165) is 5.12 Å². The van der Waals surface area contributed by atoms with Crippen LogP contribution in [0.4, 0.5) is 5.69 Å². The Kier molecular flexibility index (Phi) is 3.22. The van der Waals surface area contributed by atoms with Gasteiger partial charge in [-0.2, -0.15) is 5.12 Å². The fourth-order valence-electron chi connectivity index (χ4n) is 0.801. The Balaban J connectivity index is 2.55. The molecule has 0 aliphatic carbocycles. The molecule has 0 saturated heterocycles. The number of amides is 1. The minimum absolute atomic E-state index is 0.177. The molecular formula is C8H12N4O. The van der Waals surface area contributed by atoms with E-state index in [1.807, 2.05) is 0 Å². The Morgan fingerprint density at radius 3 is 3.08 bits per heavy atom. The maximum atomic E-state index is 11.0. The zero-order chi connectivity index (χ0) is 9.68. The molecular weight excluding hydrogens is 168 g/mol. The van der Waals surface area contributed by atoms with Crippen LogP contribution in [0, 0.1) is 0 Å². The van der Waals surface area contributed by atoms with Crippen LogP contribution in [-0.2, 0) is 4.79 Å². The Bertz CT molecular complexity index is 275. The second kappa shape index (κ2) is 4.42. The van der Waals surface area contributed by atoms with Crippen molar-refractivity contribution < 1.29 is 4.79 Å². The van der Waals surface area contributed by atoms with Crippen LogP contribution in [0.25, 0.3) is 0 Å². The summed E-state index contributed by atoms with van der Waals surface area (Å²) in [5, 5.41) is 0.955. The maximum Gasteiger partial charge on any atom is 0.255 e. The summed E-state index contributed by atoms with van der Waals surface area (Å²) in [4.78, 5) is 14.9. The number of aromatic nitrogens is 1. The Hall–Kier alpha value is -1.62. The van der Waals surface area contributed by atoms with Gasteiger partial charge in [0.2, 0.25) is 0 Å². The van der Waals surface area contributed by atoms with Crippen molar-refractivity contribution in [3.8, 4) is 0 Å². The van der Waals surface area contributed by atoms with Crippen LogP contribution in [0.15, 0.2) is 24.5 Å². The number of hydrogen-bond acceptors (Lipinski definition) is 4. The number of hydrazine groups is 2. The van der Waals surface area contributed by atoms with E-state index in [4.69, 9.17) is 5.84 Å². The summed E-state index contributed by atoms with van der Waals surface area (Å²) in [5.74, 6) is 5.23. The van der Waals surface area contributed by atoms with E-state index in [0.29, 0.717) is 12.1 Å². The number of anilines is 1. The van der Waals surface area contributed by atoms with Gasteiger partial charge in [-0.1, -0.05) is 6.92 Å². The summed E-state index contributed by atoms with van der Waals surface area (Å²) in [7, 11) is 0. The van der Waals surface area contributed by atoms with Gasteiger partial charge >= 0.3 is 0 Å². The van der Waals surface area contributed by atoms with Gasteiger partial charge in [0.25, 0.3) is 5.91 Å². The lowest BCUT2D eigenvalue weighted by Crippen LogP contribution is -2.41. The molecule has 3 N–H and O–H groups in total. The minimum atomic E-state index is -0.177. The second-order valence-corrected chi connectivity index (χ2v) is 2.47. The largest absolute Gasteiger partial charge is 0.280 e. The summed E-state index contributed by atoms with van der Waals surface area (Å²) < 4.78 is 0. The first kappa shape index (κ1) is 9.47. The van der Waals surface area contributed by atoms with Crippen LogP contribution < -0.4 is 11.3 Å². The summed E-state index contributed by atoms with van der Waals surface area (Å²) in [5.41, 5.74) is 3.38. The predicted molar refractivity (Wildman–Crippen MR) is 49.2 cm³/mol. The summed E-state index contributed by atoms with van der Waals surface area (Å²) in [6, 6.07) is 3.53. The molecule has 5 heteroatoms. The molecule has 70 valence electrons. The van der Waals surface area contributed by atoms with Gasteiger partial charge in [-0.15, -0.1) is 0 Å². The molecule has 0 fully saturated rings. The van der Waals surface area contributed by atoms with Gasteiger partial charge in [-0.25, -0.2) is 5.84 Å². The van der Waals surface area contributed by atoms with Crippen molar-refractivity contribution in [2.24, 2.45) is 5.84 Å². The SMILES string of the molecule is CCC(=O)N(N)Nc1cccnc1. The fraction of sp³-hybridized carbons (Fsp3) is 0.250. The van der Waals surface area contributed by atoms with Crippen molar-refractivity contribution in [1.82, 2.24) is 10.1 Å². The first-order valence-electron chi connectivity index (χ1n) is 3.98. The molecule has 0 unspecified atom stereocenters. The smallest absolute Gasteiger partial charge is 0.255 e. The van der Waals surface area contributed by atoms with Crippen molar-refractivity contribution in [3.05, 3.63) is 24.5 Å². The Morgan fingerprint density at radius 1 is 1.77 bits per heavy atom. The minimum Gasteiger partial charge on any atom is -0.280 e. The third kappa shape index (κ3) is 2.72. The molecule has 1 rings (SSSR count). The molecule has 1 amide bonds. The van der Waals surface area contributed by atoms with Gasteiger partial charge in [0, 0.05) is 12.6 Å². The lowest BCUT2D eigenvalue weighted by Gasteiger charge is -2.17. The third-order valence-corrected chi connectivity index (χ3v) is 1.48. The topological polar surface area (TPSA) is 71.2 Å². The van der Waals surface area contributed by atoms with Gasteiger partial charge in [-0.3, -0.25) is 15.2 Å². The molecule has 0 aliphatic heterocycles. The molecule has 1 aromatic rings. The van der Waals surface area contributed by atoms with E-state index in [1.54, 1.807) is 31.5 Å². The predicted octanol–water partition coefficient (Wildman–Crippen LogP) is 0.521. The number of nitrogens with one attached hydrogen (secondary N) is 1. The van der Waals surface area contributed by atoms with Crippen LogP contribution in [0.3, 0.4) is 0 Å². The number of rotatable bonds is 3. The average molecular weight is 180 g/mol. The molecule has 0 aliphatic rings. The van der Waals surface area contributed by atoms with Gasteiger partial charge in [0.15, 0.2) is 0 Å². The standard InChI is InChI=1S/C8H12N4O/c1-2-8(13)12(9)11-7-4-3-5-10-6-7/h3-6,11H,2,9H2,1H3. The highest BCUT2D eigenvalue weighted by Crippen LogP contribution is 2.02. The first-order valence-corrected chi connectivity index (χ1v) is 3.98. The van der Waals surface area contributed by atoms with Crippen molar-refractivity contribution in [3.63, 3.8) is 0 Å². The molecule has 0 bridgehead atoms. The van der Waals surface area contributed by atoms with Gasteiger partial charge in [0.05, 0.1) is 11.9 Å². The van der Waals surface area contributed by atoms with Gasteiger partial charge < -0.3 is 0 Å². The fourth-order valence-corrected chi connectivity index (χ4v) is 0.801. The van der Waals surface area contributed by atoms with E-state index >= 15 is 0 Å². The van der Waals surface area contributed by atoms with Gasteiger partial charge in [0.1, 0.15) is 0 Å². The van der Waals surface area contributed by atoms with E-state index in [9.17, 15) is 4.79 Å². The summed E-state index contributed by atoms with van der Waals surface area (Å²) >= 11 is 0. The number of carbonyl (C=O) groups excluding carboxylic acids is 1. The molecule has 5 nitrogen and oxygen atoms in total. The van der Waals surface area contributed by atoms with Crippen LogP contribution in [0.5, 0.6) is 0 Å². The molecule has 0 spiro atoms. The molecule has 0 atom stereocenters. The molecule has 13 heavy (non-hydrogen) atoms. The molecule has 1 heterocycles. The van der Waals surface area contributed by atoms with Crippen molar-refractivity contribution in [2.45, 2.75) is 13.3 Å². The molecule has 0 radical (unpaired) electrons. The number of hydrogen-bond donors (Lipinski definition) is 2. The number of carbonyl (C=O) groups is 1. The number of nitrogens with zero attached hydrogens (tertiary/aromatic N) is 2. The highest BCUT2D eigenvalue weighted by atomic mass is 16.2. The quantitative estimate of drug-likeness (QED) is 0.404. The number of nitrogens with two attached hydrogens (primary N) is 1. The Morgan fingerprint density at radius 2 is 2.54 bits per heavy atom. The van der Waals surface area contributed by atoms with Gasteiger partial charge in [-0.05, 0) is 12.1 Å². The zero-order valence-corrected chi connectivity index (χ0v) is 7.40. The normalized spacial score (nSPS) is 9.38. The van der Waals surface area contributed by atoms with Crippen LogP contribution in [0.1, 0.15) is 13.3 Å². The highest BCUT2D eigenvalue weighted by molar-refractivity contribution is 5.76. The molecule has 0 aromatic carbocycles. The zero-order valence-electron chi connectivity index (χ0n) is 7.40. The van der Waals surface area contributed by atoms with E-state index in [-0.39, 0.29) is 5.91 Å². The second-order valence-electron chi connectivity index (χ2n) is 2.47. The lowest BCUT2D eigenvalue weighted by molar-refractivity contribution is -0.129. The third-order valence-electron chi connectivity index (χ3n) is 1.48. The van der Waals surface area contributed by atoms with E-state index in [1.165, 1.54) is 0 Å². The highest BCUT2D eigenvalue weighted by Gasteiger charge is 2.05. The lowest BCUT2D eigenvalue weighted by atomic mass is 10.4. The summed E-state index contributed by atoms with van der Waals surface area (Å²) in [6.07, 6.45) is 3.60. The van der Waals surface area contributed by atoms with Crippen LogP contribution in [-0.4, -0.2) is 16.0 Å². The van der Waals surface area contributed by atoms with Crippen LogP contribution >= 0.6 is 0 Å². The monoisotopic (exact) mass is 180 g/mol. The molecule has 0 saturated carbocycles. The van der Waals surface area contributed by atoms with Crippen molar-refractivity contribution >= 4 is 11.6 Å². The van der Waals surface area contributed by atoms with Crippen molar-refractivity contribution in [1.29, 1.82) is 0 Å². The van der Waals surface area contributed by atoms with E-state index in [2.05, 4.69) is 10.4 Å². The molecule has 1 aromatic heterocycles. The average Bonchev–Trinajstić information content (AvgIpc) is 2.18. The summed E-state index contributed by atoms with van der Waals surface area (Å²) in [6.45, 7) is 1.74. The Labute approximate surface area is 76.5 Å². The van der Waals surface area contributed by atoms with Crippen molar-refractivity contribution in [2.75, 3.05) is 5.43 Å². The van der Waals surface area contributed by atoms with Crippen LogP contribution in [0.2, 0.25) is 0 Å². The maximum absolute atomic E-state index is 11.0. The first-order chi connectivity index (χ1) is 6.24. The number of pyridine rings is 1. The van der Waals surface area contributed by atoms with E-state index < -0.39 is 0 Å².